The van der Waals surface area contributed by atoms with Gasteiger partial charge in [0.05, 0.1) is 6.54 Å². The molecule has 0 saturated heterocycles. The van der Waals surface area contributed by atoms with Gasteiger partial charge in [-0.1, -0.05) is 6.58 Å². The maximum atomic E-state index is 12.2. The quantitative estimate of drug-likeness (QED) is 0.528. The number of halogens is 2. The molecule has 54 valence electrons. The van der Waals surface area contributed by atoms with Gasteiger partial charge >= 0.3 is 0 Å². The van der Waals surface area contributed by atoms with Crippen LogP contribution in [0.4, 0.5) is 8.78 Å². The van der Waals surface area contributed by atoms with Crippen LogP contribution in [-0.2, 0) is 0 Å². The van der Waals surface area contributed by atoms with E-state index in [0.717, 1.165) is 0 Å². The highest BCUT2D eigenvalue weighted by Gasteiger charge is 2.24. The van der Waals surface area contributed by atoms with Crippen LogP contribution in [0.1, 0.15) is 0 Å². The first-order valence-electron chi connectivity index (χ1n) is 2.64. The maximum absolute atomic E-state index is 12.2. The van der Waals surface area contributed by atoms with Crippen molar-refractivity contribution in [3.05, 3.63) is 12.7 Å². The first-order valence-corrected chi connectivity index (χ1v) is 2.64. The van der Waals surface area contributed by atoms with E-state index in [-0.39, 0.29) is 6.54 Å². The van der Waals surface area contributed by atoms with E-state index in [9.17, 15) is 8.78 Å². The molecule has 0 aliphatic rings. The molecule has 0 aliphatic carbocycles. The van der Waals surface area contributed by atoms with Gasteiger partial charge in [-0.05, 0) is 20.2 Å². The Morgan fingerprint density at radius 3 is 2.11 bits per heavy atom. The Labute approximate surface area is 54.0 Å². The van der Waals surface area contributed by atoms with Crippen LogP contribution in [0.25, 0.3) is 0 Å². The molecule has 0 bridgehead atoms. The Morgan fingerprint density at radius 1 is 1.56 bits per heavy atom. The summed E-state index contributed by atoms with van der Waals surface area (Å²) in [4.78, 5) is 1.42. The molecule has 0 spiro atoms. The first kappa shape index (κ1) is 8.56. The number of nitrogens with zero attached hydrogens (tertiary/aromatic N) is 1. The standard InChI is InChI=1S/C6H11F2N/c1-4-6(7,8)5-9(2)3/h4H,1,5H2,2-3H3. The molecule has 0 fully saturated rings. The Kier molecular flexibility index (Phi) is 2.77. The molecule has 0 unspecified atom stereocenters. The minimum Gasteiger partial charge on any atom is -0.303 e. The molecule has 1 nitrogen and oxygen atoms in total. The molecule has 0 saturated carbocycles. The first-order chi connectivity index (χ1) is 3.98. The minimum absolute atomic E-state index is 0.267. The third-order valence-corrected chi connectivity index (χ3v) is 0.826. The van der Waals surface area contributed by atoms with Crippen molar-refractivity contribution in [3.63, 3.8) is 0 Å². The molecule has 0 aromatic rings. The van der Waals surface area contributed by atoms with Gasteiger partial charge in [0.1, 0.15) is 0 Å². The van der Waals surface area contributed by atoms with E-state index in [4.69, 9.17) is 0 Å². The number of hydrogen-bond donors (Lipinski definition) is 0. The van der Waals surface area contributed by atoms with Crippen LogP contribution in [-0.4, -0.2) is 31.5 Å². The summed E-state index contributed by atoms with van der Waals surface area (Å²) in [6, 6.07) is 0. The Hall–Kier alpha value is -0.440. The molecule has 0 N–H and O–H groups in total. The molecule has 0 rings (SSSR count). The lowest BCUT2D eigenvalue weighted by molar-refractivity contribution is 0.0281. The van der Waals surface area contributed by atoms with Gasteiger partial charge in [0.2, 0.25) is 0 Å². The smallest absolute Gasteiger partial charge is 0.278 e. The number of alkyl halides is 2. The lowest BCUT2D eigenvalue weighted by atomic mass is 10.3. The molecule has 0 amide bonds. The summed E-state index contributed by atoms with van der Waals surface area (Å²) in [6.45, 7) is 2.74. The van der Waals surface area contributed by atoms with Gasteiger partial charge in [0, 0.05) is 0 Å². The van der Waals surface area contributed by atoms with Crippen LogP contribution in [0.15, 0.2) is 12.7 Å². The number of rotatable bonds is 3. The van der Waals surface area contributed by atoms with Gasteiger partial charge in [0.15, 0.2) is 0 Å². The van der Waals surface area contributed by atoms with E-state index in [2.05, 4.69) is 6.58 Å². The zero-order chi connectivity index (χ0) is 7.49. The summed E-state index contributed by atoms with van der Waals surface area (Å²) >= 11 is 0. The largest absolute Gasteiger partial charge is 0.303 e. The van der Waals surface area contributed by atoms with Crippen LogP contribution in [0, 0.1) is 0 Å². The minimum atomic E-state index is -2.75. The van der Waals surface area contributed by atoms with E-state index < -0.39 is 5.92 Å². The second-order valence-electron chi connectivity index (χ2n) is 2.20. The number of hydrogen-bond acceptors (Lipinski definition) is 1. The highest BCUT2D eigenvalue weighted by Crippen LogP contribution is 2.13. The fourth-order valence-corrected chi connectivity index (χ4v) is 0.486. The van der Waals surface area contributed by atoms with Crippen molar-refractivity contribution in [3.8, 4) is 0 Å². The zero-order valence-corrected chi connectivity index (χ0v) is 5.69. The highest BCUT2D eigenvalue weighted by molar-refractivity contribution is 4.88. The van der Waals surface area contributed by atoms with Crippen LogP contribution in [0.5, 0.6) is 0 Å². The van der Waals surface area contributed by atoms with Crippen molar-refractivity contribution in [2.45, 2.75) is 5.92 Å². The normalized spacial score (nSPS) is 12.1. The third kappa shape index (κ3) is 4.09. The average Bonchev–Trinajstić information content (AvgIpc) is 1.63. The van der Waals surface area contributed by atoms with E-state index in [1.807, 2.05) is 0 Å². The van der Waals surface area contributed by atoms with Crippen LogP contribution in [0.3, 0.4) is 0 Å². The fraction of sp³-hybridized carbons (Fsp3) is 0.667. The van der Waals surface area contributed by atoms with Gasteiger partial charge < -0.3 is 4.90 Å². The van der Waals surface area contributed by atoms with Gasteiger partial charge in [-0.25, -0.2) is 8.78 Å². The molecule has 9 heavy (non-hydrogen) atoms. The highest BCUT2D eigenvalue weighted by atomic mass is 19.3. The van der Waals surface area contributed by atoms with Crippen LogP contribution >= 0.6 is 0 Å². The van der Waals surface area contributed by atoms with E-state index >= 15 is 0 Å². The van der Waals surface area contributed by atoms with Crippen molar-refractivity contribution in [1.82, 2.24) is 4.90 Å². The van der Waals surface area contributed by atoms with Crippen molar-refractivity contribution < 1.29 is 8.78 Å². The summed E-state index contributed by atoms with van der Waals surface area (Å²) < 4.78 is 24.5. The molecule has 0 aromatic heterocycles. The topological polar surface area (TPSA) is 3.24 Å². The van der Waals surface area contributed by atoms with Crippen molar-refractivity contribution in [2.24, 2.45) is 0 Å². The molecular weight excluding hydrogens is 124 g/mol. The summed E-state index contributed by atoms with van der Waals surface area (Å²) in [7, 11) is 3.19. The fourth-order valence-electron chi connectivity index (χ4n) is 0.486. The molecule has 0 aliphatic heterocycles. The lowest BCUT2D eigenvalue weighted by Crippen LogP contribution is -2.29. The van der Waals surface area contributed by atoms with Gasteiger partial charge in [-0.15, -0.1) is 0 Å². The Morgan fingerprint density at radius 2 is 2.00 bits per heavy atom. The molecular formula is C6H11F2N. The second-order valence-corrected chi connectivity index (χ2v) is 2.20. The lowest BCUT2D eigenvalue weighted by Gasteiger charge is -2.15. The summed E-state index contributed by atoms with van der Waals surface area (Å²) in [5.74, 6) is -2.75. The molecule has 0 radical (unpaired) electrons. The maximum Gasteiger partial charge on any atom is 0.278 e. The molecule has 0 atom stereocenters. The van der Waals surface area contributed by atoms with Gasteiger partial charge in [0.25, 0.3) is 5.92 Å². The van der Waals surface area contributed by atoms with Crippen molar-refractivity contribution >= 4 is 0 Å². The van der Waals surface area contributed by atoms with Crippen LogP contribution < -0.4 is 0 Å². The van der Waals surface area contributed by atoms with E-state index in [1.165, 1.54) is 4.90 Å². The molecule has 0 aromatic carbocycles. The summed E-state index contributed by atoms with van der Waals surface area (Å²) in [5.41, 5.74) is 0. The zero-order valence-electron chi connectivity index (χ0n) is 5.69. The second kappa shape index (κ2) is 2.92. The van der Waals surface area contributed by atoms with Crippen molar-refractivity contribution in [2.75, 3.05) is 20.6 Å². The average molecular weight is 135 g/mol. The van der Waals surface area contributed by atoms with E-state index in [0.29, 0.717) is 6.08 Å². The Bertz CT molecular complexity index is 99.2. The van der Waals surface area contributed by atoms with Gasteiger partial charge in [-0.2, -0.15) is 0 Å². The molecule has 3 heteroatoms. The predicted molar refractivity (Wildman–Crippen MR) is 33.7 cm³/mol. The predicted octanol–water partition coefficient (Wildman–Crippen LogP) is 1.37. The third-order valence-electron chi connectivity index (χ3n) is 0.826. The summed E-state index contributed by atoms with van der Waals surface area (Å²) in [5, 5.41) is 0. The van der Waals surface area contributed by atoms with Crippen LogP contribution in [0.2, 0.25) is 0 Å². The van der Waals surface area contributed by atoms with Crippen molar-refractivity contribution in [1.29, 1.82) is 0 Å². The molecule has 0 heterocycles. The monoisotopic (exact) mass is 135 g/mol. The summed E-state index contributed by atoms with van der Waals surface area (Å²) in [6.07, 6.45) is 0.660. The van der Waals surface area contributed by atoms with E-state index in [1.54, 1.807) is 14.1 Å². The Balaban J connectivity index is 3.71. The SMILES string of the molecule is C=CC(F)(F)CN(C)C. The van der Waals surface area contributed by atoms with Gasteiger partial charge in [-0.3, -0.25) is 0 Å².